The van der Waals surface area contributed by atoms with Crippen LogP contribution in [-0.2, 0) is 0 Å². The molecule has 2 nitrogen and oxygen atoms in total. The smallest absolute Gasteiger partial charge is 0.0123 e. The summed E-state index contributed by atoms with van der Waals surface area (Å²) in [5.74, 6) is 8.15. The van der Waals surface area contributed by atoms with E-state index in [9.17, 15) is 0 Å². The van der Waals surface area contributed by atoms with Crippen molar-refractivity contribution in [2.45, 2.75) is 421 Å². The summed E-state index contributed by atoms with van der Waals surface area (Å²) < 4.78 is 0. The first-order valence-electron chi connectivity index (χ1n) is 38.3. The second kappa shape index (κ2) is 51.2. The minimum Gasteiger partial charge on any atom is -0.300 e. The zero-order chi connectivity index (χ0) is 56.6. The van der Waals surface area contributed by atoms with Crippen LogP contribution in [0.5, 0.6) is 0 Å². The number of hydrogen-bond acceptors (Lipinski definition) is 2. The summed E-state index contributed by atoms with van der Waals surface area (Å²) in [6.07, 6.45) is 81.5. The highest BCUT2D eigenvalue weighted by Gasteiger charge is 2.36. The third-order valence-corrected chi connectivity index (χ3v) is 21.3. The average molecular weight is 1110 g/mol. The minimum absolute atomic E-state index is 0.843. The summed E-state index contributed by atoms with van der Waals surface area (Å²) in [7, 11) is 0. The van der Waals surface area contributed by atoms with E-state index in [2.05, 4.69) is 65.2 Å². The molecule has 0 amide bonds. The molecule has 8 unspecified atom stereocenters. The van der Waals surface area contributed by atoms with E-state index in [0.717, 1.165) is 59.4 Å². The van der Waals surface area contributed by atoms with E-state index >= 15 is 0 Å². The lowest BCUT2D eigenvalue weighted by molar-refractivity contribution is 0.0837. The Morgan fingerprint density at radius 3 is 0.861 bits per heavy atom. The Hall–Kier alpha value is -0.0800. The highest BCUT2D eigenvalue weighted by atomic mass is 15.2. The Morgan fingerprint density at radius 1 is 0.278 bits per heavy atom. The molecule has 8 atom stereocenters. The summed E-state index contributed by atoms with van der Waals surface area (Å²) in [5.41, 5.74) is 0. The third kappa shape index (κ3) is 39.3. The molecule has 470 valence electrons. The summed E-state index contributed by atoms with van der Waals surface area (Å²) in [4.78, 5) is 5.91. The van der Waals surface area contributed by atoms with E-state index in [1.165, 1.54) is 341 Å². The van der Waals surface area contributed by atoms with Crippen LogP contribution in [0.2, 0.25) is 0 Å². The SMILES string of the molecule is CCCCCCCCC1CC1CCCCCCCCC(CCCCCCCC)C1CCCCN1CCC(C)C.CCCCCCCCC1CC1CCCCCCCCC(CCCCCCCC)C1CCCCN1CCCC(C)C. The largest absolute Gasteiger partial charge is 0.300 e. The quantitative estimate of drug-likeness (QED) is 0.0560. The maximum Gasteiger partial charge on any atom is 0.0123 e. The van der Waals surface area contributed by atoms with Gasteiger partial charge in [0.2, 0.25) is 0 Å². The molecule has 2 saturated heterocycles. The lowest BCUT2D eigenvalue weighted by Crippen LogP contribution is -2.45. The van der Waals surface area contributed by atoms with Crippen LogP contribution in [0.3, 0.4) is 0 Å². The molecule has 0 aromatic heterocycles. The Kier molecular flexibility index (Phi) is 47.4. The normalized spacial score (nSPS) is 22.4. The van der Waals surface area contributed by atoms with Crippen LogP contribution in [0.25, 0.3) is 0 Å². The second-order valence-electron chi connectivity index (χ2n) is 29.6. The molecule has 2 heterocycles. The highest BCUT2D eigenvalue weighted by molar-refractivity contribution is 4.88. The molecule has 0 bridgehead atoms. The summed E-state index contributed by atoms with van der Waals surface area (Å²) in [6, 6.07) is 1.80. The van der Waals surface area contributed by atoms with Crippen molar-refractivity contribution in [3.8, 4) is 0 Å². The number of likely N-dealkylation sites (tertiary alicyclic amines) is 2. The van der Waals surface area contributed by atoms with Crippen molar-refractivity contribution in [3.63, 3.8) is 0 Å². The van der Waals surface area contributed by atoms with Crippen LogP contribution in [0, 0.1) is 47.3 Å². The number of piperidine rings is 2. The molecule has 0 aromatic rings. The van der Waals surface area contributed by atoms with Gasteiger partial charge in [-0.25, -0.2) is 0 Å². The first kappa shape index (κ1) is 73.2. The van der Waals surface area contributed by atoms with Crippen molar-refractivity contribution in [3.05, 3.63) is 0 Å². The predicted octanol–water partition coefficient (Wildman–Crippen LogP) is 25.9. The zero-order valence-corrected chi connectivity index (χ0v) is 56.4. The zero-order valence-electron chi connectivity index (χ0n) is 56.4. The van der Waals surface area contributed by atoms with E-state index in [1.807, 2.05) is 0 Å². The van der Waals surface area contributed by atoms with E-state index in [-0.39, 0.29) is 0 Å². The number of nitrogens with zero attached hydrogens (tertiary/aromatic N) is 2. The van der Waals surface area contributed by atoms with Crippen LogP contribution in [0.15, 0.2) is 0 Å². The van der Waals surface area contributed by atoms with Gasteiger partial charge in [0.15, 0.2) is 0 Å². The predicted molar refractivity (Wildman–Crippen MR) is 358 cm³/mol. The van der Waals surface area contributed by atoms with Gasteiger partial charge in [0.1, 0.15) is 0 Å². The van der Waals surface area contributed by atoms with Crippen molar-refractivity contribution < 1.29 is 0 Å². The average Bonchev–Trinajstić information content (AvgIpc) is 4.40. The number of rotatable bonds is 55. The van der Waals surface area contributed by atoms with Crippen LogP contribution >= 0.6 is 0 Å². The van der Waals surface area contributed by atoms with Gasteiger partial charge in [0.05, 0.1) is 0 Å². The Balaban J connectivity index is 0.000000415. The van der Waals surface area contributed by atoms with Crippen molar-refractivity contribution in [2.75, 3.05) is 26.2 Å². The monoisotopic (exact) mass is 1110 g/mol. The molecule has 0 radical (unpaired) electrons. The summed E-state index contributed by atoms with van der Waals surface area (Å²) in [6.45, 7) is 24.4. The maximum absolute atomic E-state index is 2.96. The molecule has 0 aromatic carbocycles. The van der Waals surface area contributed by atoms with Crippen molar-refractivity contribution in [1.29, 1.82) is 0 Å². The topological polar surface area (TPSA) is 6.48 Å². The third-order valence-electron chi connectivity index (χ3n) is 21.3. The van der Waals surface area contributed by atoms with Crippen molar-refractivity contribution >= 4 is 0 Å². The van der Waals surface area contributed by atoms with Crippen LogP contribution < -0.4 is 0 Å². The fourth-order valence-corrected chi connectivity index (χ4v) is 15.7. The molecule has 4 fully saturated rings. The van der Waals surface area contributed by atoms with E-state index < -0.39 is 0 Å². The summed E-state index contributed by atoms with van der Waals surface area (Å²) >= 11 is 0. The van der Waals surface area contributed by atoms with Gasteiger partial charge < -0.3 is 9.80 Å². The highest BCUT2D eigenvalue weighted by Crippen LogP contribution is 2.47. The minimum atomic E-state index is 0.843. The lowest BCUT2D eigenvalue weighted by atomic mass is 9.82. The first-order valence-corrected chi connectivity index (χ1v) is 38.3. The van der Waals surface area contributed by atoms with Gasteiger partial charge >= 0.3 is 0 Å². The van der Waals surface area contributed by atoms with Gasteiger partial charge in [-0.2, -0.15) is 0 Å². The molecule has 4 rings (SSSR count). The van der Waals surface area contributed by atoms with Crippen molar-refractivity contribution in [2.24, 2.45) is 47.3 Å². The molecular weight excluding hydrogens is 953 g/mol. The van der Waals surface area contributed by atoms with Gasteiger partial charge in [-0.15, -0.1) is 0 Å². The Labute approximate surface area is 501 Å². The fourth-order valence-electron chi connectivity index (χ4n) is 15.7. The number of hydrogen-bond donors (Lipinski definition) is 0. The van der Waals surface area contributed by atoms with Crippen LogP contribution in [0.1, 0.15) is 409 Å². The molecule has 79 heavy (non-hydrogen) atoms. The molecule has 2 aliphatic heterocycles. The molecule has 2 aliphatic carbocycles. The van der Waals surface area contributed by atoms with Gasteiger partial charge in [-0.05, 0) is 157 Å². The van der Waals surface area contributed by atoms with E-state index in [1.54, 1.807) is 38.5 Å². The van der Waals surface area contributed by atoms with Gasteiger partial charge in [-0.3, -0.25) is 0 Å². The van der Waals surface area contributed by atoms with Gasteiger partial charge in [0, 0.05) is 12.1 Å². The maximum atomic E-state index is 2.96. The molecule has 4 aliphatic rings. The lowest BCUT2D eigenvalue weighted by Gasteiger charge is -2.41. The number of unbranched alkanes of at least 4 members (excludes halogenated alkanes) is 30. The van der Waals surface area contributed by atoms with E-state index in [4.69, 9.17) is 0 Å². The molecule has 2 saturated carbocycles. The Bertz CT molecular complexity index is 1260. The van der Waals surface area contributed by atoms with Crippen molar-refractivity contribution in [1.82, 2.24) is 9.80 Å². The van der Waals surface area contributed by atoms with Crippen LogP contribution in [-0.4, -0.2) is 48.1 Å². The molecular formula is C77H152N2. The second-order valence-corrected chi connectivity index (χ2v) is 29.6. The molecule has 2 heteroatoms. The van der Waals surface area contributed by atoms with Crippen LogP contribution in [0.4, 0.5) is 0 Å². The molecule has 0 N–H and O–H groups in total. The summed E-state index contributed by atoms with van der Waals surface area (Å²) in [5, 5.41) is 0. The fraction of sp³-hybridized carbons (Fsp3) is 1.00. The molecule has 0 spiro atoms. The first-order chi connectivity index (χ1) is 38.8. The Morgan fingerprint density at radius 2 is 0.557 bits per heavy atom. The van der Waals surface area contributed by atoms with E-state index in [0.29, 0.717) is 0 Å². The van der Waals surface area contributed by atoms with Gasteiger partial charge in [0.25, 0.3) is 0 Å². The van der Waals surface area contributed by atoms with Gasteiger partial charge in [-0.1, -0.05) is 325 Å². The standard InChI is InChI=1S/C39H77N.C38H75N/c1-5-7-9-11-15-19-27-36(39-31-23-24-32-40(39)33-25-26-35(3)4)28-20-17-13-14-18-22-30-38-34-37(38)29-21-16-12-10-8-6-2;1-5-7-9-11-15-19-25-35(38-29-23-24-31-39(38)32-30-34(3)4)26-20-17-13-14-18-22-28-37-33-36(37)27-21-16-12-10-8-6-2/h35-39H,5-34H2,1-4H3;34-38H,5-33H2,1-4H3.